The van der Waals surface area contributed by atoms with Crippen LogP contribution >= 0.6 is 0 Å². The van der Waals surface area contributed by atoms with Gasteiger partial charge in [-0.05, 0) is 25.1 Å². The lowest BCUT2D eigenvalue weighted by atomic mass is 10.1. The molecule has 1 aromatic rings. The van der Waals surface area contributed by atoms with Crippen molar-refractivity contribution in [2.75, 3.05) is 11.9 Å². The molecule has 0 fully saturated rings. The zero-order chi connectivity index (χ0) is 11.4. The minimum absolute atomic E-state index is 0.0729. The molecule has 0 aromatic heterocycles. The molecule has 0 heterocycles. The Hall–Kier alpha value is -1.84. The maximum Gasteiger partial charge on any atom is 0.337 e. The van der Waals surface area contributed by atoms with E-state index in [1.165, 1.54) is 12.1 Å². The van der Waals surface area contributed by atoms with Gasteiger partial charge in [-0.2, -0.15) is 0 Å². The van der Waals surface area contributed by atoms with E-state index in [1.807, 2.05) is 6.92 Å². The van der Waals surface area contributed by atoms with Crippen LogP contribution in [-0.4, -0.2) is 17.6 Å². The third-order valence-corrected chi connectivity index (χ3v) is 1.79. The van der Waals surface area contributed by atoms with Crippen LogP contribution in [0.5, 0.6) is 0 Å². The molecule has 0 atom stereocenters. The van der Waals surface area contributed by atoms with E-state index in [4.69, 9.17) is 5.11 Å². The Balaban J connectivity index is 2.95. The summed E-state index contributed by atoms with van der Waals surface area (Å²) in [6.07, 6.45) is 0. The standard InChI is InChI=1S/C11H12FNO2/c1-7(2)6-13-10-4-3-8(12)5-9(10)11(14)15/h3-5,13H,1,6H2,2H3,(H,14,15). The molecule has 0 radical (unpaired) electrons. The van der Waals surface area contributed by atoms with Gasteiger partial charge in [-0.3, -0.25) is 0 Å². The summed E-state index contributed by atoms with van der Waals surface area (Å²) in [5, 5.41) is 11.7. The third-order valence-electron chi connectivity index (χ3n) is 1.79. The highest BCUT2D eigenvalue weighted by Crippen LogP contribution is 2.17. The van der Waals surface area contributed by atoms with Gasteiger partial charge < -0.3 is 10.4 Å². The first-order valence-corrected chi connectivity index (χ1v) is 4.42. The average molecular weight is 209 g/mol. The third kappa shape index (κ3) is 3.09. The Labute approximate surface area is 87.2 Å². The minimum Gasteiger partial charge on any atom is -0.478 e. The second-order valence-electron chi connectivity index (χ2n) is 3.31. The van der Waals surface area contributed by atoms with Gasteiger partial charge in [0.05, 0.1) is 5.56 Å². The highest BCUT2D eigenvalue weighted by atomic mass is 19.1. The number of aromatic carboxylic acids is 1. The van der Waals surface area contributed by atoms with Gasteiger partial charge >= 0.3 is 5.97 Å². The Morgan fingerprint density at radius 3 is 2.80 bits per heavy atom. The smallest absolute Gasteiger partial charge is 0.337 e. The van der Waals surface area contributed by atoms with E-state index in [9.17, 15) is 9.18 Å². The van der Waals surface area contributed by atoms with Crippen LogP contribution in [0.4, 0.5) is 10.1 Å². The van der Waals surface area contributed by atoms with Crippen LogP contribution in [-0.2, 0) is 0 Å². The molecule has 4 heteroatoms. The SMILES string of the molecule is C=C(C)CNc1ccc(F)cc1C(=O)O. The van der Waals surface area contributed by atoms with Crippen LogP contribution in [0.3, 0.4) is 0 Å². The van der Waals surface area contributed by atoms with Gasteiger partial charge in [0.25, 0.3) is 0 Å². The molecule has 0 aliphatic carbocycles. The fourth-order valence-electron chi connectivity index (χ4n) is 1.09. The largest absolute Gasteiger partial charge is 0.478 e. The van der Waals surface area contributed by atoms with Crippen molar-refractivity contribution in [3.05, 3.63) is 41.7 Å². The number of carbonyl (C=O) groups is 1. The molecule has 0 unspecified atom stereocenters. The molecule has 15 heavy (non-hydrogen) atoms. The molecular weight excluding hydrogens is 197 g/mol. The van der Waals surface area contributed by atoms with Crippen LogP contribution in [0.15, 0.2) is 30.4 Å². The molecule has 0 aliphatic rings. The number of carboxylic acid groups (broad SMARTS) is 1. The van der Waals surface area contributed by atoms with Gasteiger partial charge in [0.2, 0.25) is 0 Å². The van der Waals surface area contributed by atoms with Crippen LogP contribution < -0.4 is 5.32 Å². The molecule has 0 aliphatic heterocycles. The van der Waals surface area contributed by atoms with Crippen LogP contribution in [0.1, 0.15) is 17.3 Å². The molecule has 0 saturated carbocycles. The fraction of sp³-hybridized carbons (Fsp3) is 0.182. The van der Waals surface area contributed by atoms with Crippen LogP contribution in [0.25, 0.3) is 0 Å². The Morgan fingerprint density at radius 1 is 1.60 bits per heavy atom. The van der Waals surface area contributed by atoms with Crippen LogP contribution in [0.2, 0.25) is 0 Å². The van der Waals surface area contributed by atoms with E-state index in [2.05, 4.69) is 11.9 Å². The Morgan fingerprint density at radius 2 is 2.27 bits per heavy atom. The van der Waals surface area contributed by atoms with Crippen molar-refractivity contribution in [1.82, 2.24) is 0 Å². The number of anilines is 1. The first kappa shape index (κ1) is 11.2. The second kappa shape index (κ2) is 4.59. The van der Waals surface area contributed by atoms with Crippen molar-refractivity contribution < 1.29 is 14.3 Å². The number of rotatable bonds is 4. The van der Waals surface area contributed by atoms with Gasteiger partial charge in [0.1, 0.15) is 5.82 Å². The topological polar surface area (TPSA) is 49.3 Å². The second-order valence-corrected chi connectivity index (χ2v) is 3.31. The summed E-state index contributed by atoms with van der Waals surface area (Å²) in [6.45, 7) is 5.96. The van der Waals surface area contributed by atoms with Crippen molar-refractivity contribution in [3.8, 4) is 0 Å². The molecule has 0 saturated heterocycles. The van der Waals surface area contributed by atoms with Gasteiger partial charge in [-0.1, -0.05) is 12.2 Å². The summed E-state index contributed by atoms with van der Waals surface area (Å²) in [6, 6.07) is 3.61. The predicted octanol–water partition coefficient (Wildman–Crippen LogP) is 2.51. The zero-order valence-corrected chi connectivity index (χ0v) is 8.38. The van der Waals surface area contributed by atoms with Gasteiger partial charge in [-0.25, -0.2) is 9.18 Å². The first-order chi connectivity index (χ1) is 7.00. The lowest BCUT2D eigenvalue weighted by Gasteiger charge is -2.09. The summed E-state index contributed by atoms with van der Waals surface area (Å²) in [4.78, 5) is 10.8. The summed E-state index contributed by atoms with van der Waals surface area (Å²) in [5.74, 6) is -1.72. The lowest BCUT2D eigenvalue weighted by molar-refractivity contribution is 0.0697. The first-order valence-electron chi connectivity index (χ1n) is 4.42. The van der Waals surface area contributed by atoms with Crippen molar-refractivity contribution >= 4 is 11.7 Å². The predicted molar refractivity (Wildman–Crippen MR) is 56.7 cm³/mol. The van der Waals surface area contributed by atoms with Gasteiger partial charge in [0.15, 0.2) is 0 Å². The van der Waals surface area contributed by atoms with E-state index >= 15 is 0 Å². The van der Waals surface area contributed by atoms with E-state index < -0.39 is 11.8 Å². The number of carboxylic acids is 1. The summed E-state index contributed by atoms with van der Waals surface area (Å²) >= 11 is 0. The molecule has 3 nitrogen and oxygen atoms in total. The summed E-state index contributed by atoms with van der Waals surface area (Å²) in [5.41, 5.74) is 1.19. The molecule has 1 rings (SSSR count). The van der Waals surface area contributed by atoms with E-state index in [0.717, 1.165) is 11.6 Å². The number of nitrogens with one attached hydrogen (secondary N) is 1. The van der Waals surface area contributed by atoms with Gasteiger partial charge in [-0.15, -0.1) is 0 Å². The molecule has 1 aromatic carbocycles. The maximum atomic E-state index is 12.8. The molecule has 2 N–H and O–H groups in total. The zero-order valence-electron chi connectivity index (χ0n) is 8.38. The average Bonchev–Trinajstić information content (AvgIpc) is 2.15. The van der Waals surface area contributed by atoms with E-state index in [0.29, 0.717) is 12.2 Å². The van der Waals surface area contributed by atoms with Gasteiger partial charge in [0, 0.05) is 12.2 Å². The molecule has 0 amide bonds. The highest BCUT2D eigenvalue weighted by Gasteiger charge is 2.10. The molecular formula is C11H12FNO2. The monoisotopic (exact) mass is 209 g/mol. The summed E-state index contributed by atoms with van der Waals surface area (Å²) in [7, 11) is 0. The minimum atomic E-state index is -1.15. The number of benzene rings is 1. The van der Waals surface area contributed by atoms with Crippen molar-refractivity contribution in [2.45, 2.75) is 6.92 Å². The number of hydrogen-bond donors (Lipinski definition) is 2. The van der Waals surface area contributed by atoms with Crippen molar-refractivity contribution in [3.63, 3.8) is 0 Å². The van der Waals surface area contributed by atoms with Crippen molar-refractivity contribution in [1.29, 1.82) is 0 Å². The quantitative estimate of drug-likeness (QED) is 0.749. The van der Waals surface area contributed by atoms with E-state index in [-0.39, 0.29) is 5.56 Å². The number of hydrogen-bond acceptors (Lipinski definition) is 2. The number of halogens is 1. The van der Waals surface area contributed by atoms with Crippen molar-refractivity contribution in [2.24, 2.45) is 0 Å². The molecule has 80 valence electrons. The Kier molecular flexibility index (Phi) is 3.44. The highest BCUT2D eigenvalue weighted by molar-refractivity contribution is 5.94. The lowest BCUT2D eigenvalue weighted by Crippen LogP contribution is -2.08. The maximum absolute atomic E-state index is 12.8. The molecule has 0 bridgehead atoms. The Bertz CT molecular complexity index is 402. The normalized spacial score (nSPS) is 9.73. The molecule has 0 spiro atoms. The van der Waals surface area contributed by atoms with Crippen LogP contribution in [0, 0.1) is 5.82 Å². The van der Waals surface area contributed by atoms with E-state index in [1.54, 1.807) is 0 Å². The fourth-order valence-corrected chi connectivity index (χ4v) is 1.09. The summed E-state index contributed by atoms with van der Waals surface area (Å²) < 4.78 is 12.8.